The van der Waals surface area contributed by atoms with Crippen molar-refractivity contribution in [3.63, 3.8) is 0 Å². The number of hydrogen-bond acceptors (Lipinski definition) is 4. The van der Waals surface area contributed by atoms with E-state index in [4.69, 9.17) is 4.74 Å². The average molecular weight is 402 g/mol. The minimum absolute atomic E-state index is 0.742. The van der Waals surface area contributed by atoms with Crippen LogP contribution >= 0.6 is 22.7 Å². The lowest BCUT2D eigenvalue weighted by atomic mass is 10.2. The summed E-state index contributed by atoms with van der Waals surface area (Å²) in [5, 5.41) is 8.17. The normalized spacial score (nSPS) is 14.4. The Morgan fingerprint density at radius 3 is 1.50 bits per heavy atom. The Hall–Kier alpha value is -0.680. The topological polar surface area (TPSA) is 12.5 Å². The molecule has 1 atom stereocenters. The second-order valence-electron chi connectivity index (χ2n) is 4.51. The van der Waals surface area contributed by atoms with Gasteiger partial charge in [0.1, 0.15) is 0 Å². The largest absolute Gasteiger partial charge is 0.366 e. The van der Waals surface area contributed by atoms with Gasteiger partial charge in [0.15, 0.2) is 0 Å². The zero-order valence-electron chi connectivity index (χ0n) is 18.4. The fourth-order valence-electron chi connectivity index (χ4n) is 1.85. The van der Waals surface area contributed by atoms with Gasteiger partial charge < -0.3 is 4.74 Å². The molecule has 0 N–H and O–H groups in total. The van der Waals surface area contributed by atoms with Gasteiger partial charge >= 0.3 is 0 Å². The summed E-state index contributed by atoms with van der Waals surface area (Å²) in [4.78, 5) is 2.39. The Balaban J connectivity index is -0.000000282. The molecular weight excluding hydrogens is 358 g/mol. The van der Waals surface area contributed by atoms with Crippen molar-refractivity contribution in [2.24, 2.45) is 0 Å². The molecule has 26 heavy (non-hydrogen) atoms. The number of thiophene rings is 2. The monoisotopic (exact) mass is 401 g/mol. The van der Waals surface area contributed by atoms with Crippen LogP contribution in [0.1, 0.15) is 68.2 Å². The Bertz CT molecular complexity index is 316. The van der Waals surface area contributed by atoms with Gasteiger partial charge in [0.05, 0.1) is 6.73 Å². The zero-order chi connectivity index (χ0) is 20.5. The third kappa shape index (κ3) is 21.4. The number of hydrogen-bond donors (Lipinski definition) is 0. The van der Waals surface area contributed by atoms with E-state index >= 15 is 0 Å². The third-order valence-corrected chi connectivity index (χ3v) is 4.26. The van der Waals surface area contributed by atoms with Crippen molar-refractivity contribution < 1.29 is 4.74 Å². The average Bonchev–Trinajstić information content (AvgIpc) is 3.51. The SMILES string of the molecule is CC.CC.CC.CCOCN1CCCC1C.c1ccsc1.c1ccsc1. The van der Waals surface area contributed by atoms with Gasteiger partial charge in [-0.2, -0.15) is 22.7 Å². The Kier molecular flexibility index (Phi) is 33.6. The second-order valence-corrected chi connectivity index (χ2v) is 6.14. The lowest BCUT2D eigenvalue weighted by Crippen LogP contribution is -2.29. The molecule has 3 heterocycles. The standard InChI is InChI=1S/C8H17NO.2C4H4S.3C2H6/c1-3-10-7-9-6-4-5-8(9)2;2*1-2-4-5-3-1;3*1-2/h8H,3-7H2,1-2H3;2*1-4H;3*1-2H3. The van der Waals surface area contributed by atoms with Gasteiger partial charge in [-0.05, 0) is 48.2 Å². The van der Waals surface area contributed by atoms with Crippen molar-refractivity contribution in [1.29, 1.82) is 0 Å². The number of nitrogens with zero attached hydrogens (tertiary/aromatic N) is 1. The fraction of sp³-hybridized carbons (Fsp3) is 0.636. The molecule has 0 bridgehead atoms. The number of ether oxygens (including phenoxy) is 1. The fourth-order valence-corrected chi connectivity index (χ4v) is 2.75. The highest BCUT2D eigenvalue weighted by Crippen LogP contribution is 2.15. The van der Waals surface area contributed by atoms with E-state index in [9.17, 15) is 0 Å². The Labute approximate surface area is 172 Å². The van der Waals surface area contributed by atoms with E-state index < -0.39 is 0 Å². The van der Waals surface area contributed by atoms with E-state index in [1.807, 2.05) is 94.3 Å². The van der Waals surface area contributed by atoms with Crippen LogP contribution < -0.4 is 0 Å². The molecule has 0 spiro atoms. The maximum atomic E-state index is 5.31. The first-order valence-corrected chi connectivity index (χ1v) is 12.0. The molecule has 1 aliphatic rings. The Morgan fingerprint density at radius 1 is 0.846 bits per heavy atom. The van der Waals surface area contributed by atoms with E-state index in [1.165, 1.54) is 19.4 Å². The van der Waals surface area contributed by atoms with Gasteiger partial charge in [0, 0.05) is 19.2 Å². The number of likely N-dealkylation sites (tertiary alicyclic amines) is 1. The lowest BCUT2D eigenvalue weighted by Gasteiger charge is -2.19. The van der Waals surface area contributed by atoms with Crippen LogP contribution in [-0.4, -0.2) is 30.8 Å². The highest BCUT2D eigenvalue weighted by Gasteiger charge is 2.19. The van der Waals surface area contributed by atoms with E-state index in [0.29, 0.717) is 0 Å². The molecule has 2 aromatic rings. The van der Waals surface area contributed by atoms with Crippen molar-refractivity contribution in [3.8, 4) is 0 Å². The molecule has 0 amide bonds. The van der Waals surface area contributed by atoms with Gasteiger partial charge in [-0.1, -0.05) is 65.8 Å². The minimum Gasteiger partial charge on any atom is -0.366 e. The van der Waals surface area contributed by atoms with E-state index in [1.54, 1.807) is 22.7 Å². The summed E-state index contributed by atoms with van der Waals surface area (Å²) in [6, 6.07) is 8.82. The highest BCUT2D eigenvalue weighted by molar-refractivity contribution is 7.08. The second kappa shape index (κ2) is 29.1. The summed E-state index contributed by atoms with van der Waals surface area (Å²) in [5.41, 5.74) is 0. The summed E-state index contributed by atoms with van der Waals surface area (Å²) in [6.07, 6.45) is 2.68. The molecule has 0 aromatic carbocycles. The van der Waals surface area contributed by atoms with Crippen molar-refractivity contribution in [2.75, 3.05) is 19.9 Å². The van der Waals surface area contributed by atoms with Gasteiger partial charge in [0.2, 0.25) is 0 Å². The van der Waals surface area contributed by atoms with Crippen molar-refractivity contribution in [3.05, 3.63) is 45.8 Å². The summed E-state index contributed by atoms with van der Waals surface area (Å²) in [5.74, 6) is 0. The highest BCUT2D eigenvalue weighted by atomic mass is 32.1. The van der Waals surface area contributed by atoms with Gasteiger partial charge in [-0.25, -0.2) is 0 Å². The summed E-state index contributed by atoms with van der Waals surface area (Å²) < 4.78 is 5.31. The van der Waals surface area contributed by atoms with Crippen molar-refractivity contribution in [1.82, 2.24) is 4.90 Å². The van der Waals surface area contributed by atoms with E-state index in [-0.39, 0.29) is 0 Å². The predicted molar refractivity (Wildman–Crippen MR) is 125 cm³/mol. The molecule has 3 rings (SSSR count). The number of rotatable bonds is 3. The molecule has 1 saturated heterocycles. The first kappa shape index (κ1) is 30.1. The van der Waals surface area contributed by atoms with Crippen molar-refractivity contribution >= 4 is 22.7 Å². The van der Waals surface area contributed by atoms with Crippen LogP contribution in [0.25, 0.3) is 0 Å². The van der Waals surface area contributed by atoms with Gasteiger partial charge in [0.25, 0.3) is 0 Å². The molecule has 0 radical (unpaired) electrons. The molecule has 0 aliphatic carbocycles. The van der Waals surface area contributed by atoms with Crippen LogP contribution in [0.4, 0.5) is 0 Å². The van der Waals surface area contributed by atoms with Crippen LogP contribution in [0.3, 0.4) is 0 Å². The maximum Gasteiger partial charge on any atom is 0.0992 e. The zero-order valence-corrected chi connectivity index (χ0v) is 20.0. The van der Waals surface area contributed by atoms with Crippen LogP contribution in [0.2, 0.25) is 0 Å². The van der Waals surface area contributed by atoms with Crippen LogP contribution in [0.5, 0.6) is 0 Å². The van der Waals surface area contributed by atoms with Crippen LogP contribution in [-0.2, 0) is 4.74 Å². The molecular formula is C22H43NOS2. The van der Waals surface area contributed by atoms with Gasteiger partial charge in [-0.15, -0.1) is 0 Å². The first-order chi connectivity index (χ1) is 12.8. The van der Waals surface area contributed by atoms with Crippen LogP contribution in [0, 0.1) is 0 Å². The van der Waals surface area contributed by atoms with E-state index in [2.05, 4.69) is 11.8 Å². The summed E-state index contributed by atoms with van der Waals surface area (Å²) >= 11 is 3.43. The molecule has 0 saturated carbocycles. The molecule has 154 valence electrons. The van der Waals surface area contributed by atoms with Gasteiger partial charge in [-0.3, -0.25) is 4.90 Å². The lowest BCUT2D eigenvalue weighted by molar-refractivity contribution is 0.0321. The quantitative estimate of drug-likeness (QED) is 0.516. The molecule has 2 nitrogen and oxygen atoms in total. The maximum absolute atomic E-state index is 5.31. The molecule has 2 aromatic heterocycles. The van der Waals surface area contributed by atoms with E-state index in [0.717, 1.165) is 19.4 Å². The molecule has 1 unspecified atom stereocenters. The molecule has 1 fully saturated rings. The summed E-state index contributed by atoms with van der Waals surface area (Å²) in [6.45, 7) is 19.2. The van der Waals surface area contributed by atoms with Crippen LogP contribution in [0.15, 0.2) is 45.8 Å². The third-order valence-electron chi connectivity index (χ3n) is 3.00. The smallest absolute Gasteiger partial charge is 0.0992 e. The summed E-state index contributed by atoms with van der Waals surface area (Å²) in [7, 11) is 0. The minimum atomic E-state index is 0.742. The Morgan fingerprint density at radius 2 is 1.27 bits per heavy atom. The molecule has 1 aliphatic heterocycles. The predicted octanol–water partition coefficient (Wildman–Crippen LogP) is 8.04. The van der Waals surface area contributed by atoms with Crippen molar-refractivity contribution in [2.45, 2.75) is 74.3 Å². The first-order valence-electron chi connectivity index (χ1n) is 10.1. The molecule has 4 heteroatoms.